The number of aryl methyl sites for hydroxylation is 1. The number of nitrogens with zero attached hydrogens (tertiary/aromatic N) is 2. The van der Waals surface area contributed by atoms with Gasteiger partial charge in [-0.25, -0.2) is 4.98 Å². The van der Waals surface area contributed by atoms with Gasteiger partial charge in [0.1, 0.15) is 5.75 Å². The third kappa shape index (κ3) is 7.32. The minimum absolute atomic E-state index is 0.0146. The summed E-state index contributed by atoms with van der Waals surface area (Å²) in [4.78, 5) is 30.8. The third-order valence-corrected chi connectivity index (χ3v) is 8.00. The first-order chi connectivity index (χ1) is 20.6. The number of carbonyl (C=O) groups is 1. The average molecular weight is 580 g/mol. The molecule has 1 saturated heterocycles. The highest BCUT2D eigenvalue weighted by Crippen LogP contribution is 2.29. The zero-order valence-electron chi connectivity index (χ0n) is 25.7. The van der Waals surface area contributed by atoms with Gasteiger partial charge >= 0.3 is 0 Å². The van der Waals surface area contributed by atoms with Crippen molar-refractivity contribution in [1.29, 1.82) is 0 Å². The molecule has 8 nitrogen and oxygen atoms in total. The quantitative estimate of drug-likeness (QED) is 0.223. The van der Waals surface area contributed by atoms with Crippen molar-refractivity contribution < 1.29 is 9.53 Å². The molecule has 0 atom stereocenters. The van der Waals surface area contributed by atoms with E-state index in [0.717, 1.165) is 48.5 Å². The van der Waals surface area contributed by atoms with Crippen LogP contribution in [0.25, 0.3) is 11.3 Å². The lowest BCUT2D eigenvalue weighted by Crippen LogP contribution is -2.30. The number of nitrogens with one attached hydrogen (secondary N) is 3. The van der Waals surface area contributed by atoms with E-state index in [1.807, 2.05) is 73.7 Å². The molecule has 0 aliphatic carbocycles. The van der Waals surface area contributed by atoms with Gasteiger partial charge in [-0.05, 0) is 97.8 Å². The molecule has 8 heteroatoms. The van der Waals surface area contributed by atoms with Crippen LogP contribution in [0, 0.1) is 12.8 Å². The summed E-state index contributed by atoms with van der Waals surface area (Å²) in [5.41, 5.74) is 5.26. The summed E-state index contributed by atoms with van der Waals surface area (Å²) in [5.74, 6) is 1.42. The highest BCUT2D eigenvalue weighted by atomic mass is 16.5. The van der Waals surface area contributed by atoms with E-state index in [0.29, 0.717) is 29.5 Å². The predicted molar refractivity (Wildman–Crippen MR) is 174 cm³/mol. The molecule has 0 radical (unpaired) electrons. The molecule has 1 aliphatic heterocycles. The van der Waals surface area contributed by atoms with Crippen molar-refractivity contribution in [2.45, 2.75) is 46.0 Å². The number of hydrogen-bond donors (Lipinski definition) is 3. The Bertz CT molecular complexity index is 1630. The number of benzene rings is 3. The van der Waals surface area contributed by atoms with Crippen molar-refractivity contribution in [1.82, 2.24) is 14.9 Å². The predicted octanol–water partition coefficient (Wildman–Crippen LogP) is 6.43. The summed E-state index contributed by atoms with van der Waals surface area (Å²) in [6.45, 7) is 11.2. The fourth-order valence-corrected chi connectivity index (χ4v) is 5.22. The van der Waals surface area contributed by atoms with E-state index in [-0.39, 0.29) is 22.7 Å². The normalized spacial score (nSPS) is 13.9. The smallest absolute Gasteiger partial charge is 0.293 e. The maximum absolute atomic E-state index is 13.1. The molecule has 0 spiro atoms. The van der Waals surface area contributed by atoms with E-state index in [4.69, 9.17) is 9.72 Å². The topological polar surface area (TPSA) is 97.3 Å². The SMILES string of the molecule is Cc1c(NC(=O)c2ccc(C(C)(C)C)cc2)cccc1-c1cn(C)c(=O)c(Nc2ccc(OCC3CCNCC3)cc2)n1. The number of piperidine rings is 1. The van der Waals surface area contributed by atoms with Gasteiger partial charge in [0.2, 0.25) is 0 Å². The van der Waals surface area contributed by atoms with E-state index >= 15 is 0 Å². The van der Waals surface area contributed by atoms with Crippen molar-refractivity contribution in [3.63, 3.8) is 0 Å². The lowest BCUT2D eigenvalue weighted by molar-refractivity contribution is 0.102. The molecule has 0 bridgehead atoms. The molecule has 3 N–H and O–H groups in total. The van der Waals surface area contributed by atoms with E-state index in [9.17, 15) is 9.59 Å². The second-order valence-corrected chi connectivity index (χ2v) is 12.3. The number of amides is 1. The van der Waals surface area contributed by atoms with Gasteiger partial charge in [0.15, 0.2) is 5.82 Å². The fourth-order valence-electron chi connectivity index (χ4n) is 5.22. The molecule has 0 unspecified atom stereocenters. The summed E-state index contributed by atoms with van der Waals surface area (Å²) in [6, 6.07) is 21.0. The fraction of sp³-hybridized carbons (Fsp3) is 0.343. The van der Waals surface area contributed by atoms with Gasteiger partial charge in [-0.2, -0.15) is 0 Å². The Kier molecular flexibility index (Phi) is 8.97. The molecule has 2 heterocycles. The number of aromatic nitrogens is 2. The summed E-state index contributed by atoms with van der Waals surface area (Å²) in [6.07, 6.45) is 3.97. The maximum atomic E-state index is 13.1. The van der Waals surface area contributed by atoms with Crippen LogP contribution in [0.4, 0.5) is 17.2 Å². The van der Waals surface area contributed by atoms with Gasteiger partial charge in [-0.1, -0.05) is 45.0 Å². The Hall–Kier alpha value is -4.43. The standard InChI is InChI=1S/C35H41N5O3/c1-23-29(7-6-8-30(23)39-33(41)25-9-11-26(12-10-25)35(2,3)4)31-21-40(5)34(42)32(38-31)37-27-13-15-28(16-14-27)43-22-24-17-19-36-20-18-24/h6-16,21,24,36H,17-20,22H2,1-5H3,(H,37,38)(H,39,41). The van der Waals surface area contributed by atoms with Crippen LogP contribution in [-0.2, 0) is 12.5 Å². The van der Waals surface area contributed by atoms with Crippen LogP contribution in [0.15, 0.2) is 77.7 Å². The summed E-state index contributed by atoms with van der Waals surface area (Å²) >= 11 is 0. The van der Waals surface area contributed by atoms with Crippen LogP contribution >= 0.6 is 0 Å². The first kappa shape index (κ1) is 30.0. The second-order valence-electron chi connectivity index (χ2n) is 12.3. The van der Waals surface area contributed by atoms with Crippen molar-refractivity contribution in [2.75, 3.05) is 30.3 Å². The second kappa shape index (κ2) is 12.8. The molecule has 3 aromatic carbocycles. The first-order valence-electron chi connectivity index (χ1n) is 14.9. The van der Waals surface area contributed by atoms with Crippen molar-refractivity contribution in [2.24, 2.45) is 13.0 Å². The number of anilines is 3. The van der Waals surface area contributed by atoms with Crippen LogP contribution in [-0.4, -0.2) is 35.2 Å². The molecule has 224 valence electrons. The highest BCUT2D eigenvalue weighted by molar-refractivity contribution is 6.05. The first-order valence-corrected chi connectivity index (χ1v) is 14.9. The largest absolute Gasteiger partial charge is 0.493 e. The van der Waals surface area contributed by atoms with Gasteiger partial charge in [0.25, 0.3) is 11.5 Å². The van der Waals surface area contributed by atoms with E-state index < -0.39 is 0 Å². The van der Waals surface area contributed by atoms with E-state index in [1.165, 1.54) is 10.1 Å². The Morgan fingerprint density at radius 3 is 2.40 bits per heavy atom. The lowest BCUT2D eigenvalue weighted by atomic mass is 9.86. The number of rotatable bonds is 8. The number of hydrogen-bond acceptors (Lipinski definition) is 6. The minimum Gasteiger partial charge on any atom is -0.493 e. The summed E-state index contributed by atoms with van der Waals surface area (Å²) in [7, 11) is 1.71. The zero-order chi connectivity index (χ0) is 30.6. The molecule has 1 amide bonds. The summed E-state index contributed by atoms with van der Waals surface area (Å²) < 4.78 is 7.52. The van der Waals surface area contributed by atoms with Gasteiger partial charge < -0.3 is 25.3 Å². The zero-order valence-corrected chi connectivity index (χ0v) is 25.7. The highest BCUT2D eigenvalue weighted by Gasteiger charge is 2.17. The molecular weight excluding hydrogens is 538 g/mol. The number of carbonyl (C=O) groups excluding carboxylic acids is 1. The van der Waals surface area contributed by atoms with Gasteiger partial charge in [0, 0.05) is 35.7 Å². The van der Waals surface area contributed by atoms with Crippen LogP contribution in [0.5, 0.6) is 5.75 Å². The molecule has 1 aromatic heterocycles. The van der Waals surface area contributed by atoms with Crippen LogP contribution < -0.4 is 26.2 Å². The van der Waals surface area contributed by atoms with Crippen molar-refractivity contribution in [3.8, 4) is 17.0 Å². The van der Waals surface area contributed by atoms with E-state index in [2.05, 4.69) is 36.7 Å². The Morgan fingerprint density at radius 1 is 1.02 bits per heavy atom. The lowest BCUT2D eigenvalue weighted by Gasteiger charge is -2.22. The van der Waals surface area contributed by atoms with Crippen LogP contribution in [0.2, 0.25) is 0 Å². The van der Waals surface area contributed by atoms with Crippen LogP contribution in [0.3, 0.4) is 0 Å². The molecule has 1 aliphatic rings. The molecular formula is C35H41N5O3. The molecule has 1 fully saturated rings. The minimum atomic E-state index is -0.240. The van der Waals surface area contributed by atoms with Gasteiger partial charge in [-0.3, -0.25) is 9.59 Å². The van der Waals surface area contributed by atoms with Crippen LogP contribution in [0.1, 0.15) is 55.1 Å². The Balaban J connectivity index is 1.31. The average Bonchev–Trinajstić information content (AvgIpc) is 3.00. The number of ether oxygens (including phenoxy) is 1. The van der Waals surface area contributed by atoms with Crippen molar-refractivity contribution >= 4 is 23.1 Å². The van der Waals surface area contributed by atoms with Gasteiger partial charge in [-0.15, -0.1) is 0 Å². The van der Waals surface area contributed by atoms with Crippen molar-refractivity contribution in [3.05, 3.63) is 100.0 Å². The molecule has 43 heavy (non-hydrogen) atoms. The molecule has 0 saturated carbocycles. The third-order valence-electron chi connectivity index (χ3n) is 8.00. The maximum Gasteiger partial charge on any atom is 0.293 e. The monoisotopic (exact) mass is 579 g/mol. The summed E-state index contributed by atoms with van der Waals surface area (Å²) in [5, 5.41) is 9.60. The Labute approximate surface area is 253 Å². The molecule has 4 aromatic rings. The van der Waals surface area contributed by atoms with Gasteiger partial charge in [0.05, 0.1) is 12.3 Å². The van der Waals surface area contributed by atoms with E-state index in [1.54, 1.807) is 13.2 Å². The Morgan fingerprint density at radius 2 is 1.72 bits per heavy atom. The molecule has 5 rings (SSSR count).